The predicted molar refractivity (Wildman–Crippen MR) is 82.6 cm³/mol. The third kappa shape index (κ3) is 5.27. The third-order valence-corrected chi connectivity index (χ3v) is 3.66. The highest BCUT2D eigenvalue weighted by atomic mass is 16.5. The zero-order valence-corrected chi connectivity index (χ0v) is 12.5. The summed E-state index contributed by atoms with van der Waals surface area (Å²) in [7, 11) is 0. The lowest BCUT2D eigenvalue weighted by Crippen LogP contribution is -2.36. The maximum absolute atomic E-state index is 11.7. The number of nitrogens with one attached hydrogen (secondary N) is 2. The quantitative estimate of drug-likeness (QED) is 0.755. The van der Waals surface area contributed by atoms with E-state index in [2.05, 4.69) is 10.6 Å². The SMILES string of the molecule is C[C@H](CCO)NC(=O)Nc1ccc(OC2CCCC2)cc1. The van der Waals surface area contributed by atoms with Crippen molar-refractivity contribution in [2.24, 2.45) is 0 Å². The standard InChI is InChI=1S/C16H24N2O3/c1-12(10-11-19)17-16(20)18-13-6-8-15(9-7-13)21-14-4-2-3-5-14/h6-9,12,14,19H,2-5,10-11H2,1H3,(H2,17,18,20)/t12-/m1/s1. The number of anilines is 1. The second-order valence-electron chi connectivity index (χ2n) is 5.56. The van der Waals surface area contributed by atoms with E-state index >= 15 is 0 Å². The summed E-state index contributed by atoms with van der Waals surface area (Å²) in [5.74, 6) is 0.849. The fourth-order valence-corrected chi connectivity index (χ4v) is 2.47. The van der Waals surface area contributed by atoms with Crippen molar-refractivity contribution < 1.29 is 14.6 Å². The summed E-state index contributed by atoms with van der Waals surface area (Å²) in [5.41, 5.74) is 0.725. The number of hydrogen-bond acceptors (Lipinski definition) is 3. The van der Waals surface area contributed by atoms with Crippen molar-refractivity contribution in [3.8, 4) is 5.75 Å². The Labute approximate surface area is 125 Å². The van der Waals surface area contributed by atoms with Crippen molar-refractivity contribution in [1.29, 1.82) is 0 Å². The fourth-order valence-electron chi connectivity index (χ4n) is 2.47. The number of carbonyl (C=O) groups is 1. The van der Waals surface area contributed by atoms with Crippen molar-refractivity contribution in [2.45, 2.75) is 51.2 Å². The van der Waals surface area contributed by atoms with Crippen LogP contribution in [0, 0.1) is 0 Å². The summed E-state index contributed by atoms with van der Waals surface area (Å²) >= 11 is 0. The van der Waals surface area contributed by atoms with E-state index in [1.807, 2.05) is 31.2 Å². The van der Waals surface area contributed by atoms with E-state index in [1.165, 1.54) is 12.8 Å². The van der Waals surface area contributed by atoms with E-state index in [1.54, 1.807) is 0 Å². The fraction of sp³-hybridized carbons (Fsp3) is 0.562. The van der Waals surface area contributed by atoms with Gasteiger partial charge in [-0.25, -0.2) is 4.79 Å². The molecule has 116 valence electrons. The molecule has 2 rings (SSSR count). The molecule has 1 saturated carbocycles. The Balaban J connectivity index is 1.79. The first-order chi connectivity index (χ1) is 10.2. The molecule has 3 N–H and O–H groups in total. The molecule has 0 radical (unpaired) electrons. The molecule has 1 aromatic carbocycles. The van der Waals surface area contributed by atoms with Crippen molar-refractivity contribution in [1.82, 2.24) is 5.32 Å². The van der Waals surface area contributed by atoms with E-state index in [-0.39, 0.29) is 18.7 Å². The molecule has 1 aliphatic carbocycles. The highest BCUT2D eigenvalue weighted by Crippen LogP contribution is 2.24. The molecule has 5 heteroatoms. The number of urea groups is 1. The monoisotopic (exact) mass is 292 g/mol. The van der Waals surface area contributed by atoms with Gasteiger partial charge in [-0.1, -0.05) is 0 Å². The average Bonchev–Trinajstić information content (AvgIpc) is 2.94. The predicted octanol–water partition coefficient (Wildman–Crippen LogP) is 2.90. The summed E-state index contributed by atoms with van der Waals surface area (Å²) in [5, 5.41) is 14.3. The topological polar surface area (TPSA) is 70.6 Å². The van der Waals surface area contributed by atoms with Crippen LogP contribution in [0.25, 0.3) is 0 Å². The molecular formula is C16H24N2O3. The van der Waals surface area contributed by atoms with E-state index < -0.39 is 0 Å². The molecule has 1 aromatic rings. The van der Waals surface area contributed by atoms with Gasteiger partial charge < -0.3 is 20.5 Å². The zero-order valence-electron chi connectivity index (χ0n) is 12.5. The van der Waals surface area contributed by atoms with Gasteiger partial charge in [0.1, 0.15) is 5.75 Å². The molecule has 1 atom stereocenters. The van der Waals surface area contributed by atoms with Crippen LogP contribution in [0.2, 0.25) is 0 Å². The minimum Gasteiger partial charge on any atom is -0.490 e. The van der Waals surface area contributed by atoms with E-state index in [0.717, 1.165) is 24.3 Å². The van der Waals surface area contributed by atoms with E-state index in [0.29, 0.717) is 12.5 Å². The van der Waals surface area contributed by atoms with Crippen LogP contribution in [0.4, 0.5) is 10.5 Å². The van der Waals surface area contributed by atoms with Gasteiger partial charge >= 0.3 is 6.03 Å². The molecule has 0 unspecified atom stereocenters. The van der Waals surface area contributed by atoms with Crippen molar-refractivity contribution in [2.75, 3.05) is 11.9 Å². The lowest BCUT2D eigenvalue weighted by atomic mass is 10.2. The van der Waals surface area contributed by atoms with Crippen molar-refractivity contribution in [3.05, 3.63) is 24.3 Å². The summed E-state index contributed by atoms with van der Waals surface area (Å²) in [6.07, 6.45) is 5.64. The van der Waals surface area contributed by atoms with Crippen LogP contribution in [0.3, 0.4) is 0 Å². The van der Waals surface area contributed by atoms with Crippen LogP contribution in [-0.4, -0.2) is 29.9 Å². The van der Waals surface area contributed by atoms with Gasteiger partial charge in [-0.15, -0.1) is 0 Å². The normalized spacial score (nSPS) is 16.5. The molecule has 0 aliphatic heterocycles. The Hall–Kier alpha value is -1.75. The number of amides is 2. The van der Waals surface area contributed by atoms with Gasteiger partial charge in [-0.2, -0.15) is 0 Å². The summed E-state index contributed by atoms with van der Waals surface area (Å²) < 4.78 is 5.88. The summed E-state index contributed by atoms with van der Waals surface area (Å²) in [6, 6.07) is 7.11. The Bertz CT molecular complexity index is 441. The lowest BCUT2D eigenvalue weighted by Gasteiger charge is -2.15. The van der Waals surface area contributed by atoms with Crippen LogP contribution < -0.4 is 15.4 Å². The van der Waals surface area contributed by atoms with Crippen LogP contribution in [0.15, 0.2) is 24.3 Å². The van der Waals surface area contributed by atoms with Crippen molar-refractivity contribution >= 4 is 11.7 Å². The first kappa shape index (κ1) is 15.6. The molecule has 5 nitrogen and oxygen atoms in total. The Morgan fingerprint density at radius 3 is 2.62 bits per heavy atom. The molecule has 21 heavy (non-hydrogen) atoms. The van der Waals surface area contributed by atoms with Crippen LogP contribution in [-0.2, 0) is 0 Å². The maximum atomic E-state index is 11.7. The average molecular weight is 292 g/mol. The number of aliphatic hydroxyl groups is 1. The molecule has 0 bridgehead atoms. The molecular weight excluding hydrogens is 268 g/mol. The maximum Gasteiger partial charge on any atom is 0.319 e. The molecule has 1 fully saturated rings. The smallest absolute Gasteiger partial charge is 0.319 e. The molecule has 2 amide bonds. The molecule has 0 saturated heterocycles. The number of hydrogen-bond donors (Lipinski definition) is 3. The van der Waals surface area contributed by atoms with Crippen LogP contribution in [0.1, 0.15) is 39.0 Å². The Kier molecular flexibility index (Phi) is 5.87. The Morgan fingerprint density at radius 1 is 1.33 bits per heavy atom. The molecule has 0 heterocycles. The van der Waals surface area contributed by atoms with Gasteiger partial charge in [0.2, 0.25) is 0 Å². The number of aliphatic hydroxyl groups excluding tert-OH is 1. The zero-order chi connectivity index (χ0) is 15.1. The minimum absolute atomic E-state index is 0.0556. The summed E-state index contributed by atoms with van der Waals surface area (Å²) in [4.78, 5) is 11.7. The highest BCUT2D eigenvalue weighted by molar-refractivity contribution is 5.89. The largest absolute Gasteiger partial charge is 0.490 e. The number of rotatable bonds is 6. The van der Waals surface area contributed by atoms with Gasteiger partial charge in [-0.05, 0) is 63.3 Å². The first-order valence-electron chi connectivity index (χ1n) is 7.62. The lowest BCUT2D eigenvalue weighted by molar-refractivity contribution is 0.210. The molecule has 0 spiro atoms. The van der Waals surface area contributed by atoms with E-state index in [9.17, 15) is 4.79 Å². The number of carbonyl (C=O) groups excluding carboxylic acids is 1. The summed E-state index contributed by atoms with van der Waals surface area (Å²) in [6.45, 7) is 1.92. The minimum atomic E-state index is -0.264. The Morgan fingerprint density at radius 2 is 2.00 bits per heavy atom. The second kappa shape index (κ2) is 7.88. The van der Waals surface area contributed by atoms with Crippen LogP contribution in [0.5, 0.6) is 5.75 Å². The highest BCUT2D eigenvalue weighted by Gasteiger charge is 2.16. The number of ether oxygens (including phenoxy) is 1. The van der Waals surface area contributed by atoms with Gasteiger partial charge in [0.25, 0.3) is 0 Å². The second-order valence-corrected chi connectivity index (χ2v) is 5.56. The first-order valence-corrected chi connectivity index (χ1v) is 7.62. The van der Waals surface area contributed by atoms with Gasteiger partial charge in [0.05, 0.1) is 6.10 Å². The van der Waals surface area contributed by atoms with E-state index in [4.69, 9.17) is 9.84 Å². The van der Waals surface area contributed by atoms with Gasteiger partial charge in [0, 0.05) is 18.3 Å². The van der Waals surface area contributed by atoms with Gasteiger partial charge in [-0.3, -0.25) is 0 Å². The third-order valence-electron chi connectivity index (χ3n) is 3.66. The van der Waals surface area contributed by atoms with Crippen molar-refractivity contribution in [3.63, 3.8) is 0 Å². The van der Waals surface area contributed by atoms with Gasteiger partial charge in [0.15, 0.2) is 0 Å². The molecule has 1 aliphatic rings. The number of benzene rings is 1. The molecule has 0 aromatic heterocycles. The van der Waals surface area contributed by atoms with Crippen LogP contribution >= 0.6 is 0 Å².